The van der Waals surface area contributed by atoms with E-state index >= 15 is 0 Å². The number of benzene rings is 2. The van der Waals surface area contributed by atoms with Gasteiger partial charge in [0.15, 0.2) is 0 Å². The van der Waals surface area contributed by atoms with E-state index in [1.807, 2.05) is 30.5 Å². The second-order valence-corrected chi connectivity index (χ2v) is 5.13. The van der Waals surface area contributed by atoms with Crippen LogP contribution in [0.5, 0.6) is 0 Å². The van der Waals surface area contributed by atoms with Gasteiger partial charge in [0.25, 0.3) is 0 Å². The van der Waals surface area contributed by atoms with Gasteiger partial charge >= 0.3 is 6.03 Å². The van der Waals surface area contributed by atoms with E-state index in [1.165, 1.54) is 0 Å². The SMILES string of the molecule is CSc1ccc(NC(=O)Nc2ccc(Cl)cc2)cc1. The maximum Gasteiger partial charge on any atom is 0.323 e. The lowest BCUT2D eigenvalue weighted by molar-refractivity contribution is 0.262. The van der Waals surface area contributed by atoms with Crippen molar-refractivity contribution in [2.24, 2.45) is 0 Å². The molecule has 3 nitrogen and oxygen atoms in total. The van der Waals surface area contributed by atoms with E-state index in [0.29, 0.717) is 10.7 Å². The Hall–Kier alpha value is -1.65. The molecule has 2 aromatic rings. The maximum absolute atomic E-state index is 11.8. The lowest BCUT2D eigenvalue weighted by atomic mass is 10.3. The monoisotopic (exact) mass is 292 g/mol. The number of anilines is 2. The molecular formula is C14H13ClN2OS. The van der Waals surface area contributed by atoms with Crippen molar-refractivity contribution in [1.82, 2.24) is 0 Å². The number of hydrogen-bond donors (Lipinski definition) is 2. The Bertz CT molecular complexity index is 555. The van der Waals surface area contributed by atoms with E-state index in [9.17, 15) is 4.79 Å². The number of carbonyl (C=O) groups excluding carboxylic acids is 1. The highest BCUT2D eigenvalue weighted by atomic mass is 35.5. The van der Waals surface area contributed by atoms with Gasteiger partial charge < -0.3 is 10.6 Å². The van der Waals surface area contributed by atoms with E-state index in [4.69, 9.17) is 11.6 Å². The summed E-state index contributed by atoms with van der Waals surface area (Å²) in [6.45, 7) is 0. The molecule has 2 amide bonds. The molecule has 0 aliphatic carbocycles. The van der Waals surface area contributed by atoms with Gasteiger partial charge in [-0.05, 0) is 54.8 Å². The normalized spacial score (nSPS) is 10.0. The summed E-state index contributed by atoms with van der Waals surface area (Å²) < 4.78 is 0. The average Bonchev–Trinajstić information content (AvgIpc) is 2.42. The van der Waals surface area contributed by atoms with Crippen molar-refractivity contribution < 1.29 is 4.79 Å². The van der Waals surface area contributed by atoms with Crippen molar-refractivity contribution in [2.45, 2.75) is 4.90 Å². The molecule has 0 bridgehead atoms. The highest BCUT2D eigenvalue weighted by molar-refractivity contribution is 7.98. The Labute approximate surface area is 121 Å². The van der Waals surface area contributed by atoms with Gasteiger partial charge in [-0.1, -0.05) is 11.6 Å². The molecule has 2 rings (SSSR count). The van der Waals surface area contributed by atoms with E-state index in [1.54, 1.807) is 36.0 Å². The van der Waals surface area contributed by atoms with Crippen LogP contribution in [0.2, 0.25) is 5.02 Å². The van der Waals surface area contributed by atoms with Crippen LogP contribution in [0, 0.1) is 0 Å². The molecule has 0 saturated heterocycles. The fraction of sp³-hybridized carbons (Fsp3) is 0.0714. The molecule has 0 heterocycles. The number of amides is 2. The third-order valence-electron chi connectivity index (χ3n) is 2.45. The molecular weight excluding hydrogens is 280 g/mol. The van der Waals surface area contributed by atoms with Crippen molar-refractivity contribution >= 4 is 40.8 Å². The van der Waals surface area contributed by atoms with Crippen LogP contribution in [0.3, 0.4) is 0 Å². The molecule has 2 N–H and O–H groups in total. The van der Waals surface area contributed by atoms with Crippen LogP contribution in [-0.2, 0) is 0 Å². The van der Waals surface area contributed by atoms with Crippen molar-refractivity contribution in [1.29, 1.82) is 0 Å². The summed E-state index contributed by atoms with van der Waals surface area (Å²) in [7, 11) is 0. The van der Waals surface area contributed by atoms with Crippen molar-refractivity contribution in [3.05, 3.63) is 53.6 Å². The number of nitrogens with one attached hydrogen (secondary N) is 2. The van der Waals surface area contributed by atoms with Gasteiger partial charge in [0.05, 0.1) is 0 Å². The van der Waals surface area contributed by atoms with Crippen LogP contribution < -0.4 is 10.6 Å². The number of halogens is 1. The zero-order valence-electron chi connectivity index (χ0n) is 10.3. The van der Waals surface area contributed by atoms with Gasteiger partial charge in [-0.25, -0.2) is 4.79 Å². The van der Waals surface area contributed by atoms with Crippen molar-refractivity contribution in [2.75, 3.05) is 16.9 Å². The zero-order valence-corrected chi connectivity index (χ0v) is 11.9. The van der Waals surface area contributed by atoms with Crippen molar-refractivity contribution in [3.8, 4) is 0 Å². The summed E-state index contributed by atoms with van der Waals surface area (Å²) in [6.07, 6.45) is 2.01. The topological polar surface area (TPSA) is 41.1 Å². The predicted octanol–water partition coefficient (Wildman–Crippen LogP) is 4.71. The van der Waals surface area contributed by atoms with Gasteiger partial charge in [0.1, 0.15) is 0 Å². The smallest absolute Gasteiger partial charge is 0.308 e. The summed E-state index contributed by atoms with van der Waals surface area (Å²) in [4.78, 5) is 12.9. The molecule has 0 spiro atoms. The van der Waals surface area contributed by atoms with Gasteiger partial charge in [-0.2, -0.15) is 0 Å². The maximum atomic E-state index is 11.8. The van der Waals surface area contributed by atoms with Gasteiger partial charge in [0.2, 0.25) is 0 Å². The number of rotatable bonds is 3. The first kappa shape index (κ1) is 13.8. The van der Waals surface area contributed by atoms with Crippen LogP contribution in [0.4, 0.5) is 16.2 Å². The fourth-order valence-corrected chi connectivity index (χ4v) is 2.04. The fourth-order valence-electron chi connectivity index (χ4n) is 1.50. The van der Waals surface area contributed by atoms with Gasteiger partial charge in [0, 0.05) is 21.3 Å². The second kappa shape index (κ2) is 6.50. The first-order chi connectivity index (χ1) is 9.17. The standard InChI is InChI=1S/C14H13ClN2OS/c1-19-13-8-6-12(7-9-13)17-14(18)16-11-4-2-10(15)3-5-11/h2-9H,1H3,(H2,16,17,18). The Balaban J connectivity index is 1.95. The predicted molar refractivity (Wildman–Crippen MR) is 82.3 cm³/mol. The molecule has 0 aliphatic heterocycles. The molecule has 0 radical (unpaired) electrons. The summed E-state index contributed by atoms with van der Waals surface area (Å²) >= 11 is 7.44. The molecule has 5 heteroatoms. The first-order valence-corrected chi connectivity index (χ1v) is 7.25. The average molecular weight is 293 g/mol. The van der Waals surface area contributed by atoms with Crippen LogP contribution in [0.1, 0.15) is 0 Å². The third kappa shape index (κ3) is 4.19. The second-order valence-electron chi connectivity index (χ2n) is 3.81. The minimum atomic E-state index is -0.278. The molecule has 0 aliphatic rings. The quantitative estimate of drug-likeness (QED) is 0.805. The van der Waals surface area contributed by atoms with E-state index < -0.39 is 0 Å². The minimum absolute atomic E-state index is 0.278. The molecule has 0 aromatic heterocycles. The number of thioether (sulfide) groups is 1. The number of urea groups is 1. The molecule has 0 atom stereocenters. The lowest BCUT2D eigenvalue weighted by Crippen LogP contribution is -2.19. The highest BCUT2D eigenvalue weighted by Crippen LogP contribution is 2.18. The van der Waals surface area contributed by atoms with Crippen LogP contribution in [0.15, 0.2) is 53.4 Å². The summed E-state index contributed by atoms with van der Waals surface area (Å²) in [5.41, 5.74) is 1.45. The third-order valence-corrected chi connectivity index (χ3v) is 3.45. The summed E-state index contributed by atoms with van der Waals surface area (Å²) in [5.74, 6) is 0. The van der Waals surface area contributed by atoms with E-state index in [-0.39, 0.29) is 6.03 Å². The van der Waals surface area contributed by atoms with Crippen LogP contribution >= 0.6 is 23.4 Å². The van der Waals surface area contributed by atoms with Gasteiger partial charge in [-0.15, -0.1) is 11.8 Å². The van der Waals surface area contributed by atoms with Gasteiger partial charge in [-0.3, -0.25) is 0 Å². The molecule has 2 aromatic carbocycles. The lowest BCUT2D eigenvalue weighted by Gasteiger charge is -2.08. The largest absolute Gasteiger partial charge is 0.323 e. The number of hydrogen-bond acceptors (Lipinski definition) is 2. The Kier molecular flexibility index (Phi) is 4.71. The Morgan fingerprint density at radius 2 is 1.42 bits per heavy atom. The first-order valence-electron chi connectivity index (χ1n) is 5.65. The molecule has 98 valence electrons. The minimum Gasteiger partial charge on any atom is -0.308 e. The van der Waals surface area contributed by atoms with Crippen LogP contribution in [-0.4, -0.2) is 12.3 Å². The zero-order chi connectivity index (χ0) is 13.7. The summed E-state index contributed by atoms with van der Waals surface area (Å²) in [6, 6.07) is 14.3. The van der Waals surface area contributed by atoms with Crippen molar-refractivity contribution in [3.63, 3.8) is 0 Å². The van der Waals surface area contributed by atoms with Crippen LogP contribution in [0.25, 0.3) is 0 Å². The molecule has 19 heavy (non-hydrogen) atoms. The Morgan fingerprint density at radius 3 is 1.89 bits per heavy atom. The summed E-state index contributed by atoms with van der Waals surface area (Å²) in [5, 5.41) is 6.13. The van der Waals surface area contributed by atoms with E-state index in [0.717, 1.165) is 10.6 Å². The van der Waals surface area contributed by atoms with E-state index in [2.05, 4.69) is 10.6 Å². The molecule has 0 saturated carbocycles. The highest BCUT2D eigenvalue weighted by Gasteiger charge is 2.02. The molecule has 0 unspecified atom stereocenters. The Morgan fingerprint density at radius 1 is 0.947 bits per heavy atom. The number of carbonyl (C=O) groups is 1. The molecule has 0 fully saturated rings.